The fourth-order valence-corrected chi connectivity index (χ4v) is 2.67. The van der Waals surface area contributed by atoms with E-state index in [1.165, 1.54) is 5.56 Å². The zero-order chi connectivity index (χ0) is 13.1. The normalized spacial score (nSPS) is 12.4. The van der Waals surface area contributed by atoms with E-state index in [4.69, 9.17) is 23.2 Å². The smallest absolute Gasteiger partial charge is 0.0455 e. The Bertz CT molecular complexity index is 552. The Labute approximate surface area is 118 Å². The fourth-order valence-electron chi connectivity index (χ4n) is 2.07. The van der Waals surface area contributed by atoms with Crippen LogP contribution in [-0.2, 0) is 6.42 Å². The molecule has 1 aromatic carbocycles. The van der Waals surface area contributed by atoms with Crippen molar-refractivity contribution in [1.82, 2.24) is 4.98 Å². The van der Waals surface area contributed by atoms with E-state index in [-0.39, 0.29) is 0 Å². The first kappa shape index (κ1) is 13.4. The number of rotatable bonds is 3. The molecule has 18 heavy (non-hydrogen) atoms. The van der Waals surface area contributed by atoms with E-state index < -0.39 is 0 Å². The van der Waals surface area contributed by atoms with Crippen LogP contribution in [0.3, 0.4) is 0 Å². The van der Waals surface area contributed by atoms with Crippen molar-refractivity contribution >= 4 is 23.2 Å². The van der Waals surface area contributed by atoms with Gasteiger partial charge < -0.3 is 0 Å². The molecule has 2 rings (SSSR count). The summed E-state index contributed by atoms with van der Waals surface area (Å²) in [6.45, 7) is 4.20. The number of nitrogens with zero attached hydrogens (tertiary/aromatic N) is 1. The monoisotopic (exact) mass is 279 g/mol. The summed E-state index contributed by atoms with van der Waals surface area (Å²) in [6, 6.07) is 9.77. The van der Waals surface area contributed by atoms with E-state index in [0.29, 0.717) is 10.9 Å². The van der Waals surface area contributed by atoms with E-state index in [9.17, 15) is 0 Å². The summed E-state index contributed by atoms with van der Waals surface area (Å²) in [5, 5.41) is 1.41. The molecule has 0 aliphatic carbocycles. The Hall–Kier alpha value is -1.05. The van der Waals surface area contributed by atoms with Crippen LogP contribution in [-0.4, -0.2) is 4.98 Å². The third-order valence-electron chi connectivity index (χ3n) is 3.14. The van der Waals surface area contributed by atoms with Gasteiger partial charge in [0.15, 0.2) is 0 Å². The predicted molar refractivity (Wildman–Crippen MR) is 77.6 cm³/mol. The van der Waals surface area contributed by atoms with Gasteiger partial charge in [-0.15, -0.1) is 0 Å². The highest BCUT2D eigenvalue weighted by molar-refractivity contribution is 6.35. The molecule has 0 radical (unpaired) electrons. The van der Waals surface area contributed by atoms with Gasteiger partial charge in [-0.05, 0) is 48.6 Å². The highest BCUT2D eigenvalue weighted by Crippen LogP contribution is 2.29. The molecule has 1 atom stereocenters. The minimum Gasteiger partial charge on any atom is -0.261 e. The van der Waals surface area contributed by atoms with E-state index in [2.05, 4.69) is 18.0 Å². The molecule has 0 fully saturated rings. The molecule has 0 N–H and O–H groups in total. The van der Waals surface area contributed by atoms with E-state index in [1.54, 1.807) is 6.07 Å². The summed E-state index contributed by atoms with van der Waals surface area (Å²) >= 11 is 12.1. The van der Waals surface area contributed by atoms with Crippen LogP contribution in [0.15, 0.2) is 36.5 Å². The average Bonchev–Trinajstić information content (AvgIpc) is 2.32. The molecule has 1 heterocycles. The fraction of sp³-hybridized carbons (Fsp3) is 0.267. The van der Waals surface area contributed by atoms with Crippen molar-refractivity contribution in [3.63, 3.8) is 0 Å². The van der Waals surface area contributed by atoms with Gasteiger partial charge in [0.1, 0.15) is 0 Å². The molecule has 0 aliphatic rings. The Morgan fingerprint density at radius 3 is 2.67 bits per heavy atom. The maximum atomic E-state index is 6.23. The van der Waals surface area contributed by atoms with Crippen molar-refractivity contribution in [2.45, 2.75) is 26.2 Å². The van der Waals surface area contributed by atoms with Crippen LogP contribution in [0.5, 0.6) is 0 Å². The lowest BCUT2D eigenvalue weighted by molar-refractivity contribution is 0.751. The second-order valence-electron chi connectivity index (χ2n) is 4.52. The molecule has 0 saturated heterocycles. The number of hydrogen-bond acceptors (Lipinski definition) is 1. The molecule has 3 heteroatoms. The van der Waals surface area contributed by atoms with Crippen LogP contribution in [0.25, 0.3) is 0 Å². The summed E-state index contributed by atoms with van der Waals surface area (Å²) in [5.74, 6) is 0.345. The lowest BCUT2D eigenvalue weighted by Crippen LogP contribution is -2.02. The molecule has 94 valence electrons. The van der Waals surface area contributed by atoms with Crippen LogP contribution in [0.2, 0.25) is 10.0 Å². The van der Waals surface area contributed by atoms with Gasteiger partial charge in [0.25, 0.3) is 0 Å². The van der Waals surface area contributed by atoms with Crippen molar-refractivity contribution in [2.75, 3.05) is 0 Å². The highest BCUT2D eigenvalue weighted by Gasteiger charge is 2.12. The molecule has 0 amide bonds. The van der Waals surface area contributed by atoms with Gasteiger partial charge in [0.2, 0.25) is 0 Å². The average molecular weight is 280 g/mol. The van der Waals surface area contributed by atoms with Crippen molar-refractivity contribution in [1.29, 1.82) is 0 Å². The Morgan fingerprint density at radius 1 is 1.22 bits per heavy atom. The van der Waals surface area contributed by atoms with E-state index >= 15 is 0 Å². The van der Waals surface area contributed by atoms with Gasteiger partial charge in [-0.1, -0.05) is 42.3 Å². The maximum absolute atomic E-state index is 6.23. The second kappa shape index (κ2) is 5.73. The molecular formula is C15H15Cl2N. The largest absolute Gasteiger partial charge is 0.261 e. The zero-order valence-electron chi connectivity index (χ0n) is 10.5. The summed E-state index contributed by atoms with van der Waals surface area (Å²) < 4.78 is 0. The number of benzene rings is 1. The first-order valence-electron chi connectivity index (χ1n) is 5.93. The molecular weight excluding hydrogens is 265 g/mol. The van der Waals surface area contributed by atoms with Crippen molar-refractivity contribution in [3.8, 4) is 0 Å². The molecule has 0 spiro atoms. The molecule has 1 aromatic heterocycles. The summed E-state index contributed by atoms with van der Waals surface area (Å²) in [4.78, 5) is 4.31. The molecule has 0 bridgehead atoms. The number of aromatic nitrogens is 1. The standard InChI is InChI=1S/C15H15Cl2N/c1-10(8-12-4-3-7-18-11(12)2)14-6-5-13(16)9-15(14)17/h3-7,9-10H,8H2,1-2H3. The van der Waals surface area contributed by atoms with E-state index in [1.807, 2.05) is 31.3 Å². The number of aryl methyl sites for hydroxylation is 1. The minimum absolute atomic E-state index is 0.345. The van der Waals surface area contributed by atoms with Crippen LogP contribution in [0.4, 0.5) is 0 Å². The molecule has 1 nitrogen and oxygen atoms in total. The summed E-state index contributed by atoms with van der Waals surface area (Å²) in [7, 11) is 0. The van der Waals surface area contributed by atoms with Gasteiger partial charge >= 0.3 is 0 Å². The SMILES string of the molecule is Cc1ncccc1CC(C)c1ccc(Cl)cc1Cl. The van der Waals surface area contributed by atoms with Crippen LogP contribution >= 0.6 is 23.2 Å². The quantitative estimate of drug-likeness (QED) is 0.767. The summed E-state index contributed by atoms with van der Waals surface area (Å²) in [6.07, 6.45) is 2.75. The van der Waals surface area contributed by atoms with Gasteiger partial charge in [-0.25, -0.2) is 0 Å². The lowest BCUT2D eigenvalue weighted by Gasteiger charge is -2.15. The Balaban J connectivity index is 2.22. The van der Waals surface area contributed by atoms with Crippen LogP contribution in [0.1, 0.15) is 29.7 Å². The second-order valence-corrected chi connectivity index (χ2v) is 5.36. The number of pyridine rings is 1. The zero-order valence-corrected chi connectivity index (χ0v) is 12.0. The Kier molecular flexibility index (Phi) is 4.26. The molecule has 0 aliphatic heterocycles. The van der Waals surface area contributed by atoms with Gasteiger partial charge in [-0.2, -0.15) is 0 Å². The van der Waals surface area contributed by atoms with Gasteiger partial charge in [0.05, 0.1) is 0 Å². The topological polar surface area (TPSA) is 12.9 Å². The molecule has 0 saturated carbocycles. The van der Waals surface area contributed by atoms with Gasteiger partial charge in [0, 0.05) is 21.9 Å². The van der Waals surface area contributed by atoms with Crippen molar-refractivity contribution in [3.05, 3.63) is 63.4 Å². The molecule has 1 unspecified atom stereocenters. The Morgan fingerprint density at radius 2 is 2.00 bits per heavy atom. The first-order valence-corrected chi connectivity index (χ1v) is 6.69. The first-order chi connectivity index (χ1) is 8.58. The number of halogens is 2. The van der Waals surface area contributed by atoms with Crippen molar-refractivity contribution < 1.29 is 0 Å². The third kappa shape index (κ3) is 3.04. The molecule has 2 aromatic rings. The predicted octanol–water partition coefficient (Wildman–Crippen LogP) is 5.04. The maximum Gasteiger partial charge on any atom is 0.0455 e. The minimum atomic E-state index is 0.345. The third-order valence-corrected chi connectivity index (χ3v) is 3.70. The highest BCUT2D eigenvalue weighted by atomic mass is 35.5. The van der Waals surface area contributed by atoms with E-state index in [0.717, 1.165) is 22.7 Å². The van der Waals surface area contributed by atoms with Crippen molar-refractivity contribution in [2.24, 2.45) is 0 Å². The lowest BCUT2D eigenvalue weighted by atomic mass is 9.93. The summed E-state index contributed by atoms with van der Waals surface area (Å²) in [5.41, 5.74) is 3.47. The van der Waals surface area contributed by atoms with Crippen LogP contribution < -0.4 is 0 Å². The van der Waals surface area contributed by atoms with Gasteiger partial charge in [-0.3, -0.25) is 4.98 Å². The number of hydrogen-bond donors (Lipinski definition) is 0. The van der Waals surface area contributed by atoms with Crippen LogP contribution in [0, 0.1) is 6.92 Å².